The van der Waals surface area contributed by atoms with Crippen LogP contribution in [0, 0.1) is 5.41 Å². The zero-order valence-electron chi connectivity index (χ0n) is 11.2. The van der Waals surface area contributed by atoms with Gasteiger partial charge in [0.15, 0.2) is 0 Å². The molecule has 3 nitrogen and oxygen atoms in total. The van der Waals surface area contributed by atoms with Crippen molar-refractivity contribution in [3.63, 3.8) is 0 Å². The number of halogens is 1. The Hall–Kier alpha value is 0.170. The van der Waals surface area contributed by atoms with Crippen LogP contribution in [0.3, 0.4) is 0 Å². The van der Waals surface area contributed by atoms with E-state index in [9.17, 15) is 0 Å². The highest BCUT2D eigenvalue weighted by molar-refractivity contribution is 5.85. The normalized spacial score (nSPS) is 29.6. The van der Waals surface area contributed by atoms with E-state index in [1.54, 1.807) is 0 Å². The molecule has 0 radical (unpaired) electrons. The van der Waals surface area contributed by atoms with Crippen LogP contribution in [-0.2, 0) is 4.74 Å². The molecule has 2 fully saturated rings. The Morgan fingerprint density at radius 1 is 1.35 bits per heavy atom. The van der Waals surface area contributed by atoms with Crippen molar-refractivity contribution in [3.05, 3.63) is 0 Å². The van der Waals surface area contributed by atoms with Gasteiger partial charge in [0.25, 0.3) is 0 Å². The summed E-state index contributed by atoms with van der Waals surface area (Å²) in [5.74, 6) is 0. The summed E-state index contributed by atoms with van der Waals surface area (Å²) in [6, 6.07) is 0.655. The third-order valence-electron chi connectivity index (χ3n) is 4.32. The topological polar surface area (TPSA) is 24.5 Å². The molecular weight excluding hydrogens is 236 g/mol. The lowest BCUT2D eigenvalue weighted by atomic mass is 9.77. The molecule has 0 bridgehead atoms. The van der Waals surface area contributed by atoms with Crippen LogP contribution in [0.4, 0.5) is 0 Å². The number of nitrogens with one attached hydrogen (secondary N) is 1. The Kier molecular flexibility index (Phi) is 6.21. The van der Waals surface area contributed by atoms with Crippen molar-refractivity contribution in [3.8, 4) is 0 Å². The molecule has 2 aliphatic heterocycles. The molecule has 4 heteroatoms. The summed E-state index contributed by atoms with van der Waals surface area (Å²) in [6.07, 6.45) is 3.80. The smallest absolute Gasteiger partial charge is 0.0471 e. The van der Waals surface area contributed by atoms with Crippen molar-refractivity contribution < 1.29 is 4.74 Å². The largest absolute Gasteiger partial charge is 0.381 e. The van der Waals surface area contributed by atoms with Crippen LogP contribution in [0.15, 0.2) is 0 Å². The Balaban J connectivity index is 0.00000144. The second-order valence-electron chi connectivity index (χ2n) is 5.56. The highest BCUT2D eigenvalue weighted by Gasteiger charge is 2.33. The molecule has 2 aliphatic rings. The summed E-state index contributed by atoms with van der Waals surface area (Å²) in [5, 5.41) is 3.51. The molecule has 2 saturated heterocycles. The predicted octanol–water partition coefficient (Wildman–Crippen LogP) is 1.91. The maximum Gasteiger partial charge on any atom is 0.0471 e. The Bertz CT molecular complexity index is 219. The fourth-order valence-electron chi connectivity index (χ4n) is 3.06. The van der Waals surface area contributed by atoms with E-state index in [-0.39, 0.29) is 12.4 Å². The number of piperazine rings is 1. The van der Waals surface area contributed by atoms with Crippen LogP contribution in [0.5, 0.6) is 0 Å². The molecule has 1 N–H and O–H groups in total. The van der Waals surface area contributed by atoms with Gasteiger partial charge in [-0.05, 0) is 31.6 Å². The van der Waals surface area contributed by atoms with Crippen molar-refractivity contribution in [1.29, 1.82) is 0 Å². The van der Waals surface area contributed by atoms with E-state index in [0.717, 1.165) is 19.8 Å². The van der Waals surface area contributed by atoms with Crippen molar-refractivity contribution in [2.45, 2.75) is 39.2 Å². The molecule has 17 heavy (non-hydrogen) atoms. The summed E-state index contributed by atoms with van der Waals surface area (Å²) in [7, 11) is 0. The van der Waals surface area contributed by atoms with Crippen LogP contribution < -0.4 is 5.32 Å². The number of nitrogens with zero attached hydrogens (tertiary/aromatic N) is 1. The molecule has 0 saturated carbocycles. The van der Waals surface area contributed by atoms with Crippen molar-refractivity contribution in [1.82, 2.24) is 10.2 Å². The molecule has 0 aromatic rings. The fraction of sp³-hybridized carbons (Fsp3) is 1.00. The zero-order valence-corrected chi connectivity index (χ0v) is 12.0. The van der Waals surface area contributed by atoms with E-state index in [4.69, 9.17) is 4.74 Å². The first kappa shape index (κ1) is 15.2. The molecule has 0 amide bonds. The fourth-order valence-corrected chi connectivity index (χ4v) is 3.06. The molecular formula is C13H27ClN2O. The van der Waals surface area contributed by atoms with Gasteiger partial charge in [-0.1, -0.05) is 6.92 Å². The molecule has 0 aromatic heterocycles. The lowest BCUT2D eigenvalue weighted by molar-refractivity contribution is -0.0107. The highest BCUT2D eigenvalue weighted by Crippen LogP contribution is 2.35. The average molecular weight is 263 g/mol. The quantitative estimate of drug-likeness (QED) is 0.841. The number of ether oxygens (including phenoxy) is 1. The number of hydrogen-bond donors (Lipinski definition) is 1. The number of rotatable bonds is 3. The van der Waals surface area contributed by atoms with Gasteiger partial charge >= 0.3 is 0 Å². The maximum atomic E-state index is 5.51. The Morgan fingerprint density at radius 3 is 2.65 bits per heavy atom. The van der Waals surface area contributed by atoms with Gasteiger partial charge in [0.05, 0.1) is 0 Å². The molecule has 1 atom stereocenters. The minimum Gasteiger partial charge on any atom is -0.381 e. The Morgan fingerprint density at radius 2 is 2.06 bits per heavy atom. The molecule has 0 aromatic carbocycles. The predicted molar refractivity (Wildman–Crippen MR) is 73.9 cm³/mol. The molecule has 0 spiro atoms. The molecule has 0 aliphatic carbocycles. The van der Waals surface area contributed by atoms with Crippen molar-refractivity contribution >= 4 is 12.4 Å². The van der Waals surface area contributed by atoms with Gasteiger partial charge in [-0.2, -0.15) is 0 Å². The van der Waals surface area contributed by atoms with E-state index in [1.165, 1.54) is 38.9 Å². The van der Waals surface area contributed by atoms with E-state index in [2.05, 4.69) is 24.1 Å². The van der Waals surface area contributed by atoms with Crippen LogP contribution in [0.1, 0.15) is 33.1 Å². The third-order valence-corrected chi connectivity index (χ3v) is 4.32. The summed E-state index contributed by atoms with van der Waals surface area (Å²) in [6.45, 7) is 11.4. The molecule has 2 rings (SSSR count). The van der Waals surface area contributed by atoms with Gasteiger partial charge in [-0.15, -0.1) is 12.4 Å². The average Bonchev–Trinajstić information content (AvgIpc) is 2.30. The maximum absolute atomic E-state index is 5.51. The number of hydrogen-bond acceptors (Lipinski definition) is 3. The van der Waals surface area contributed by atoms with Crippen molar-refractivity contribution in [2.24, 2.45) is 5.41 Å². The van der Waals surface area contributed by atoms with Gasteiger partial charge in [0.1, 0.15) is 0 Å². The minimum absolute atomic E-state index is 0. The zero-order chi connectivity index (χ0) is 11.4. The van der Waals surface area contributed by atoms with Crippen LogP contribution in [0.25, 0.3) is 0 Å². The van der Waals surface area contributed by atoms with E-state index >= 15 is 0 Å². The lowest BCUT2D eigenvalue weighted by Crippen LogP contribution is -2.52. The second-order valence-corrected chi connectivity index (χ2v) is 5.56. The van der Waals surface area contributed by atoms with Crippen LogP contribution >= 0.6 is 12.4 Å². The van der Waals surface area contributed by atoms with Gasteiger partial charge in [0, 0.05) is 45.4 Å². The summed E-state index contributed by atoms with van der Waals surface area (Å²) >= 11 is 0. The first-order chi connectivity index (χ1) is 7.74. The first-order valence-electron chi connectivity index (χ1n) is 6.78. The minimum atomic E-state index is 0. The van der Waals surface area contributed by atoms with Gasteiger partial charge in [0.2, 0.25) is 0 Å². The van der Waals surface area contributed by atoms with E-state index in [1.807, 2.05) is 0 Å². The van der Waals surface area contributed by atoms with Crippen molar-refractivity contribution in [2.75, 3.05) is 39.4 Å². The lowest BCUT2D eigenvalue weighted by Gasteiger charge is -2.43. The van der Waals surface area contributed by atoms with E-state index < -0.39 is 0 Å². The van der Waals surface area contributed by atoms with Gasteiger partial charge < -0.3 is 10.1 Å². The molecule has 102 valence electrons. The summed E-state index contributed by atoms with van der Waals surface area (Å²) in [5.41, 5.74) is 0.537. The van der Waals surface area contributed by atoms with E-state index in [0.29, 0.717) is 11.5 Å². The monoisotopic (exact) mass is 262 g/mol. The SMILES string of the molecule is CCC1(CN2CCN[C@@H](C)C2)CCOCC1.Cl. The second kappa shape index (κ2) is 6.93. The summed E-state index contributed by atoms with van der Waals surface area (Å²) < 4.78 is 5.51. The third kappa shape index (κ3) is 4.09. The molecule has 2 heterocycles. The van der Waals surface area contributed by atoms with Crippen LogP contribution in [0.2, 0.25) is 0 Å². The standard InChI is InChI=1S/C13H26N2O.ClH/c1-3-13(4-8-16-9-5-13)11-15-7-6-14-12(2)10-15;/h12,14H,3-11H2,1-2H3;1H/t12-;/m0./s1. The van der Waals surface area contributed by atoms with Crippen LogP contribution in [-0.4, -0.2) is 50.3 Å². The first-order valence-corrected chi connectivity index (χ1v) is 6.78. The molecule has 0 unspecified atom stereocenters. The summed E-state index contributed by atoms with van der Waals surface area (Å²) in [4.78, 5) is 2.65. The highest BCUT2D eigenvalue weighted by atomic mass is 35.5. The van der Waals surface area contributed by atoms with Gasteiger partial charge in [-0.25, -0.2) is 0 Å². The Labute approximate surface area is 112 Å². The van der Waals surface area contributed by atoms with Gasteiger partial charge in [-0.3, -0.25) is 4.90 Å².